The molecule has 0 spiro atoms. The lowest BCUT2D eigenvalue weighted by atomic mass is 9.84. The van der Waals surface area contributed by atoms with Crippen LogP contribution in [0, 0.1) is 0 Å². The van der Waals surface area contributed by atoms with E-state index in [0.29, 0.717) is 13.2 Å². The maximum atomic E-state index is 14.4. The molecule has 0 N–H and O–H groups in total. The summed E-state index contributed by atoms with van der Waals surface area (Å²) in [5, 5.41) is 0. The Morgan fingerprint density at radius 2 is 0.816 bits per heavy atom. The first-order chi connectivity index (χ1) is 23.2. The Balaban J connectivity index is 1.26. The molecule has 4 rings (SSSR count). The molecular weight excluding hydrogens is 644 g/mol. The lowest BCUT2D eigenvalue weighted by molar-refractivity contribution is -0.239. The van der Waals surface area contributed by atoms with Crippen LogP contribution in [0.15, 0.2) is 109 Å². The van der Waals surface area contributed by atoms with Gasteiger partial charge in [-0.3, -0.25) is 9.80 Å². The number of hydrogen-bond acceptors (Lipinski definition) is 5. The molecule has 0 aliphatic rings. The summed E-state index contributed by atoms with van der Waals surface area (Å²) in [6, 6.07) is 30.0. The lowest BCUT2D eigenvalue weighted by Crippen LogP contribution is -2.56. The molecule has 4 aromatic rings. The molecular formula is C36H40B2F6N2O3. The summed E-state index contributed by atoms with van der Waals surface area (Å²) in [5.74, 6) is 0. The summed E-state index contributed by atoms with van der Waals surface area (Å²) in [6.45, 7) is -0.522. The van der Waals surface area contributed by atoms with Crippen LogP contribution in [0.3, 0.4) is 0 Å². The molecule has 0 amide bonds. The first-order valence-electron chi connectivity index (χ1n) is 15.7. The van der Waals surface area contributed by atoms with E-state index in [1.54, 1.807) is 60.7 Å². The molecule has 2 atom stereocenters. The van der Waals surface area contributed by atoms with Gasteiger partial charge < -0.3 is 14.0 Å². The monoisotopic (exact) mass is 684 g/mol. The third kappa shape index (κ3) is 8.95. The molecule has 0 heterocycles. The average Bonchev–Trinajstić information content (AvgIpc) is 3.06. The van der Waals surface area contributed by atoms with Crippen LogP contribution in [0.5, 0.6) is 0 Å². The highest BCUT2D eigenvalue weighted by molar-refractivity contribution is 6.47. The Morgan fingerprint density at radius 1 is 0.490 bits per heavy atom. The summed E-state index contributed by atoms with van der Waals surface area (Å²) in [7, 11) is 5.59. The molecule has 0 bridgehead atoms. The van der Waals surface area contributed by atoms with Gasteiger partial charge in [0, 0.05) is 0 Å². The Kier molecular flexibility index (Phi) is 12.8. The number of ether oxygens (including phenoxy) is 1. The van der Waals surface area contributed by atoms with Crippen LogP contribution in [0.4, 0.5) is 26.3 Å². The maximum Gasteiger partial charge on any atom is 0.413 e. The predicted molar refractivity (Wildman–Crippen MR) is 183 cm³/mol. The molecule has 5 nitrogen and oxygen atoms in total. The zero-order valence-corrected chi connectivity index (χ0v) is 28.0. The molecule has 0 saturated carbocycles. The van der Waals surface area contributed by atoms with Crippen LogP contribution >= 0.6 is 0 Å². The molecule has 0 saturated heterocycles. The Labute approximate surface area is 285 Å². The molecule has 0 aliphatic heterocycles. The van der Waals surface area contributed by atoms with E-state index in [4.69, 9.17) is 14.0 Å². The second-order valence-corrected chi connectivity index (χ2v) is 12.3. The van der Waals surface area contributed by atoms with Gasteiger partial charge in [0.1, 0.15) is 0 Å². The molecule has 49 heavy (non-hydrogen) atoms. The van der Waals surface area contributed by atoms with Gasteiger partial charge >= 0.3 is 27.3 Å². The average molecular weight is 684 g/mol. The Bertz CT molecular complexity index is 1460. The lowest BCUT2D eigenvalue weighted by Gasteiger charge is -2.41. The van der Waals surface area contributed by atoms with Gasteiger partial charge in [0.15, 0.2) is 11.1 Å². The standard InChI is InChI=1S/C36H40B2F6N2O3/c1-45(2)33(35(39,40)41,29-11-7-5-8-12-29)25-48-37-31-19-15-27(16-20-31)23-47-24-28-17-21-32(22-18-28)38-49-26-34(46(3)4,36(42,43)44)30-13-9-6-10-14-30/h5-22,37-38H,23-26H2,1-4H3. The van der Waals surface area contributed by atoms with Gasteiger partial charge in [-0.05, 0) is 50.4 Å². The topological polar surface area (TPSA) is 34.2 Å². The van der Waals surface area contributed by atoms with Crippen LogP contribution in [-0.2, 0) is 38.3 Å². The summed E-state index contributed by atoms with van der Waals surface area (Å²) >= 11 is 0. The van der Waals surface area contributed by atoms with E-state index in [1.807, 2.05) is 24.3 Å². The van der Waals surface area contributed by atoms with E-state index in [0.717, 1.165) is 31.9 Å². The maximum absolute atomic E-state index is 14.4. The largest absolute Gasteiger partial charge is 0.432 e. The van der Waals surface area contributed by atoms with Crippen LogP contribution in [0.2, 0.25) is 0 Å². The second kappa shape index (κ2) is 16.4. The number of rotatable bonds is 16. The molecule has 260 valence electrons. The minimum absolute atomic E-state index is 0.00823. The van der Waals surface area contributed by atoms with Crippen molar-refractivity contribution in [2.24, 2.45) is 0 Å². The second-order valence-electron chi connectivity index (χ2n) is 12.3. The Hall–Kier alpha value is -3.61. The minimum atomic E-state index is -4.56. The highest BCUT2D eigenvalue weighted by Crippen LogP contribution is 2.44. The summed E-state index contributed by atoms with van der Waals surface area (Å²) in [4.78, 5) is 2.29. The summed E-state index contributed by atoms with van der Waals surface area (Å²) in [5.41, 5.74) is -1.15. The first kappa shape index (κ1) is 38.2. The molecule has 2 unspecified atom stereocenters. The van der Waals surface area contributed by atoms with Crippen molar-refractivity contribution in [1.29, 1.82) is 0 Å². The van der Waals surface area contributed by atoms with Crippen molar-refractivity contribution in [2.45, 2.75) is 36.6 Å². The SMILES string of the molecule is CN(C)C(COBc1ccc(COCc2ccc(BOCC(c3ccccc3)(N(C)C)C(F)(F)F)cc2)cc1)(c1ccccc1)C(F)(F)F. The minimum Gasteiger partial charge on any atom is -0.432 e. The smallest absolute Gasteiger partial charge is 0.413 e. The normalized spacial score (nSPS) is 14.8. The molecule has 4 aromatic carbocycles. The fraction of sp³-hybridized carbons (Fsp3) is 0.333. The van der Waals surface area contributed by atoms with Crippen molar-refractivity contribution in [1.82, 2.24) is 9.80 Å². The number of likely N-dealkylation sites (N-methyl/N-ethyl adjacent to an activating group) is 2. The number of alkyl halides is 6. The van der Waals surface area contributed by atoms with Crippen molar-refractivity contribution in [3.8, 4) is 0 Å². The summed E-state index contributed by atoms with van der Waals surface area (Å²) in [6.07, 6.45) is -9.13. The van der Waals surface area contributed by atoms with Crippen molar-refractivity contribution in [3.63, 3.8) is 0 Å². The van der Waals surface area contributed by atoms with E-state index in [9.17, 15) is 26.3 Å². The van der Waals surface area contributed by atoms with E-state index >= 15 is 0 Å². The van der Waals surface area contributed by atoms with Crippen LogP contribution in [-0.4, -0.2) is 78.5 Å². The van der Waals surface area contributed by atoms with E-state index in [-0.39, 0.29) is 26.1 Å². The zero-order valence-electron chi connectivity index (χ0n) is 28.0. The summed E-state index contributed by atoms with van der Waals surface area (Å²) < 4.78 is 103. The van der Waals surface area contributed by atoms with Gasteiger partial charge in [-0.2, -0.15) is 26.3 Å². The molecule has 0 aliphatic carbocycles. The Morgan fingerprint density at radius 3 is 1.10 bits per heavy atom. The highest BCUT2D eigenvalue weighted by atomic mass is 19.4. The van der Waals surface area contributed by atoms with Gasteiger partial charge in [0.25, 0.3) is 0 Å². The van der Waals surface area contributed by atoms with Gasteiger partial charge in [0.2, 0.25) is 0 Å². The number of hydrogen-bond donors (Lipinski definition) is 0. The van der Waals surface area contributed by atoms with Crippen LogP contribution in [0.1, 0.15) is 22.3 Å². The van der Waals surface area contributed by atoms with Gasteiger partial charge in [0.05, 0.1) is 26.4 Å². The van der Waals surface area contributed by atoms with Crippen molar-refractivity contribution in [3.05, 3.63) is 131 Å². The first-order valence-corrected chi connectivity index (χ1v) is 15.7. The van der Waals surface area contributed by atoms with Crippen molar-refractivity contribution < 1.29 is 40.4 Å². The van der Waals surface area contributed by atoms with E-state index in [2.05, 4.69) is 0 Å². The van der Waals surface area contributed by atoms with Gasteiger partial charge in [-0.1, -0.05) is 120 Å². The van der Waals surface area contributed by atoms with Crippen molar-refractivity contribution >= 4 is 25.9 Å². The van der Waals surface area contributed by atoms with Gasteiger partial charge in [-0.25, -0.2) is 0 Å². The van der Waals surface area contributed by atoms with Crippen LogP contribution < -0.4 is 10.9 Å². The third-order valence-electron chi connectivity index (χ3n) is 8.71. The molecule has 0 radical (unpaired) electrons. The molecule has 13 heteroatoms. The number of nitrogens with zero attached hydrogens (tertiary/aromatic N) is 2. The molecule has 0 fully saturated rings. The third-order valence-corrected chi connectivity index (χ3v) is 8.71. The van der Waals surface area contributed by atoms with E-state index in [1.165, 1.54) is 52.5 Å². The van der Waals surface area contributed by atoms with E-state index < -0.39 is 36.6 Å². The quantitative estimate of drug-likeness (QED) is 0.116. The zero-order chi connectivity index (χ0) is 35.7. The fourth-order valence-electron chi connectivity index (χ4n) is 5.75. The predicted octanol–water partition coefficient (Wildman–Crippen LogP) is 5.43. The fourth-order valence-corrected chi connectivity index (χ4v) is 5.75. The van der Waals surface area contributed by atoms with Crippen LogP contribution in [0.25, 0.3) is 0 Å². The van der Waals surface area contributed by atoms with Gasteiger partial charge in [-0.15, -0.1) is 0 Å². The number of halogens is 6. The number of benzene rings is 4. The highest BCUT2D eigenvalue weighted by Gasteiger charge is 2.58. The molecule has 0 aromatic heterocycles. The van der Waals surface area contributed by atoms with Crippen molar-refractivity contribution in [2.75, 3.05) is 41.4 Å².